The molecule has 0 spiro atoms. The lowest BCUT2D eigenvalue weighted by Gasteiger charge is -2.27. The smallest absolute Gasteiger partial charge is 0.0770 e. The minimum absolute atomic E-state index is 0.0726. The molecule has 0 N–H and O–H groups in total. The summed E-state index contributed by atoms with van der Waals surface area (Å²) in [4.78, 5) is 6.61. The van der Waals surface area contributed by atoms with E-state index in [0.29, 0.717) is 5.02 Å². The van der Waals surface area contributed by atoms with Crippen LogP contribution in [0.5, 0.6) is 0 Å². The molecule has 5 heteroatoms. The van der Waals surface area contributed by atoms with Crippen molar-refractivity contribution in [2.24, 2.45) is 0 Å². The largest absolute Gasteiger partial charge is 0.379 e. The Morgan fingerprint density at radius 2 is 2.18 bits per heavy atom. The number of aromatic nitrogens is 1. The Kier molecular flexibility index (Phi) is 5.04. The van der Waals surface area contributed by atoms with E-state index in [2.05, 4.69) is 9.88 Å². The third kappa shape index (κ3) is 4.11. The molecule has 0 aromatic carbocycles. The Morgan fingerprint density at radius 3 is 2.88 bits per heavy atom. The summed E-state index contributed by atoms with van der Waals surface area (Å²) in [7, 11) is 0. The summed E-state index contributed by atoms with van der Waals surface area (Å²) in [6, 6.07) is 3.59. The number of pyridine rings is 1. The van der Waals surface area contributed by atoms with Gasteiger partial charge in [0.05, 0.1) is 24.3 Å². The molecular formula is C12H16Cl2N2O. The van der Waals surface area contributed by atoms with Crippen LogP contribution in [0, 0.1) is 0 Å². The monoisotopic (exact) mass is 274 g/mol. The molecule has 1 unspecified atom stereocenters. The van der Waals surface area contributed by atoms with Crippen LogP contribution in [0.4, 0.5) is 0 Å². The van der Waals surface area contributed by atoms with Crippen molar-refractivity contribution in [1.29, 1.82) is 0 Å². The Bertz CT molecular complexity index is 356. The van der Waals surface area contributed by atoms with Gasteiger partial charge in [-0.25, -0.2) is 0 Å². The quantitative estimate of drug-likeness (QED) is 0.790. The van der Waals surface area contributed by atoms with Gasteiger partial charge in [0.15, 0.2) is 0 Å². The third-order valence-corrected chi connectivity index (χ3v) is 3.54. The van der Waals surface area contributed by atoms with Gasteiger partial charge in [0.1, 0.15) is 0 Å². The Balaban J connectivity index is 1.82. The first-order chi connectivity index (χ1) is 8.25. The average molecular weight is 275 g/mol. The van der Waals surface area contributed by atoms with Gasteiger partial charge in [-0.3, -0.25) is 9.88 Å². The van der Waals surface area contributed by atoms with Crippen LogP contribution in [0.25, 0.3) is 0 Å². The van der Waals surface area contributed by atoms with Crippen LogP contribution in [0.15, 0.2) is 18.3 Å². The zero-order chi connectivity index (χ0) is 12.1. The van der Waals surface area contributed by atoms with Gasteiger partial charge in [0.2, 0.25) is 0 Å². The first kappa shape index (κ1) is 13.1. The van der Waals surface area contributed by atoms with Gasteiger partial charge >= 0.3 is 0 Å². The zero-order valence-corrected chi connectivity index (χ0v) is 11.1. The van der Waals surface area contributed by atoms with Crippen LogP contribution in [0.3, 0.4) is 0 Å². The van der Waals surface area contributed by atoms with Crippen molar-refractivity contribution < 1.29 is 4.74 Å². The number of hydrogen-bond donors (Lipinski definition) is 0. The second-order valence-corrected chi connectivity index (χ2v) is 5.07. The molecular weight excluding hydrogens is 259 g/mol. The molecule has 1 fully saturated rings. The second-order valence-electron chi connectivity index (χ2n) is 4.11. The number of ether oxygens (including phenoxy) is 1. The summed E-state index contributed by atoms with van der Waals surface area (Å²) in [6.45, 7) is 4.61. The highest BCUT2D eigenvalue weighted by Crippen LogP contribution is 2.24. The average Bonchev–Trinajstić information content (AvgIpc) is 2.37. The first-order valence-electron chi connectivity index (χ1n) is 5.81. The number of morpholine rings is 1. The molecule has 94 valence electrons. The molecule has 2 heterocycles. The molecule has 0 aliphatic carbocycles. The molecule has 1 saturated heterocycles. The van der Waals surface area contributed by atoms with Gasteiger partial charge in [-0.1, -0.05) is 11.6 Å². The van der Waals surface area contributed by atoms with E-state index in [-0.39, 0.29) is 5.38 Å². The van der Waals surface area contributed by atoms with Gasteiger partial charge in [-0.05, 0) is 18.6 Å². The summed E-state index contributed by atoms with van der Waals surface area (Å²) in [5.41, 5.74) is 0.854. The fourth-order valence-corrected chi connectivity index (χ4v) is 2.25. The van der Waals surface area contributed by atoms with E-state index in [1.54, 1.807) is 12.3 Å². The molecule has 0 radical (unpaired) electrons. The maximum atomic E-state index is 6.32. The lowest BCUT2D eigenvalue weighted by atomic mass is 10.2. The molecule has 0 bridgehead atoms. The first-order valence-corrected chi connectivity index (χ1v) is 6.63. The van der Waals surface area contributed by atoms with Crippen LogP contribution in [-0.4, -0.2) is 42.7 Å². The summed E-state index contributed by atoms with van der Waals surface area (Å²) < 4.78 is 5.30. The van der Waals surface area contributed by atoms with Crippen LogP contribution >= 0.6 is 23.2 Å². The van der Waals surface area contributed by atoms with Crippen LogP contribution in [-0.2, 0) is 4.74 Å². The number of rotatable bonds is 4. The molecule has 1 aromatic heterocycles. The SMILES string of the molecule is Clc1ccnc(C(Cl)CCN2CCOCC2)c1. The summed E-state index contributed by atoms with van der Waals surface area (Å²) in [5.74, 6) is 0. The standard InChI is InChI=1S/C12H16Cl2N2O/c13-10-1-3-15-12(9-10)11(14)2-4-16-5-7-17-8-6-16/h1,3,9,11H,2,4-8H2. The lowest BCUT2D eigenvalue weighted by molar-refractivity contribution is 0.0373. The summed E-state index contributed by atoms with van der Waals surface area (Å²) >= 11 is 12.2. The molecule has 2 rings (SSSR count). The van der Waals surface area contributed by atoms with Crippen molar-refractivity contribution >= 4 is 23.2 Å². The van der Waals surface area contributed by atoms with Crippen LogP contribution in [0.2, 0.25) is 5.02 Å². The molecule has 1 aromatic rings. The Morgan fingerprint density at radius 1 is 1.41 bits per heavy atom. The minimum Gasteiger partial charge on any atom is -0.379 e. The molecule has 1 aliphatic rings. The molecule has 3 nitrogen and oxygen atoms in total. The van der Waals surface area contributed by atoms with Crippen molar-refractivity contribution in [3.05, 3.63) is 29.0 Å². The third-order valence-electron chi connectivity index (χ3n) is 2.87. The highest BCUT2D eigenvalue weighted by Gasteiger charge is 2.14. The number of hydrogen-bond acceptors (Lipinski definition) is 3. The van der Waals surface area contributed by atoms with Gasteiger partial charge in [0, 0.05) is 30.9 Å². The van der Waals surface area contributed by atoms with Crippen molar-refractivity contribution in [3.63, 3.8) is 0 Å². The molecule has 1 atom stereocenters. The summed E-state index contributed by atoms with van der Waals surface area (Å²) in [5, 5.41) is 0.614. The normalized spacial score (nSPS) is 19.2. The predicted molar refractivity (Wildman–Crippen MR) is 69.7 cm³/mol. The van der Waals surface area contributed by atoms with Crippen molar-refractivity contribution in [3.8, 4) is 0 Å². The minimum atomic E-state index is -0.0726. The predicted octanol–water partition coefficient (Wildman–Crippen LogP) is 2.74. The molecule has 1 aliphatic heterocycles. The van der Waals surface area contributed by atoms with E-state index in [1.165, 1.54) is 0 Å². The van der Waals surface area contributed by atoms with E-state index in [9.17, 15) is 0 Å². The van der Waals surface area contributed by atoms with Gasteiger partial charge in [-0.15, -0.1) is 11.6 Å². The fourth-order valence-electron chi connectivity index (χ4n) is 1.86. The van der Waals surface area contributed by atoms with Crippen LogP contribution < -0.4 is 0 Å². The van der Waals surface area contributed by atoms with E-state index in [4.69, 9.17) is 27.9 Å². The van der Waals surface area contributed by atoms with E-state index in [0.717, 1.165) is 45.0 Å². The fraction of sp³-hybridized carbons (Fsp3) is 0.583. The number of nitrogens with zero attached hydrogens (tertiary/aromatic N) is 2. The maximum absolute atomic E-state index is 6.32. The highest BCUT2D eigenvalue weighted by atomic mass is 35.5. The highest BCUT2D eigenvalue weighted by molar-refractivity contribution is 6.30. The van der Waals surface area contributed by atoms with Gasteiger partial charge < -0.3 is 4.74 Å². The van der Waals surface area contributed by atoms with E-state index in [1.807, 2.05) is 6.07 Å². The van der Waals surface area contributed by atoms with E-state index < -0.39 is 0 Å². The van der Waals surface area contributed by atoms with Gasteiger partial charge in [-0.2, -0.15) is 0 Å². The summed E-state index contributed by atoms with van der Waals surface area (Å²) in [6.07, 6.45) is 2.58. The number of halogens is 2. The molecule has 17 heavy (non-hydrogen) atoms. The van der Waals surface area contributed by atoms with E-state index >= 15 is 0 Å². The number of alkyl halides is 1. The Hall–Kier alpha value is -0.350. The zero-order valence-electron chi connectivity index (χ0n) is 9.61. The lowest BCUT2D eigenvalue weighted by Crippen LogP contribution is -2.37. The molecule has 0 saturated carbocycles. The second kappa shape index (κ2) is 6.55. The van der Waals surface area contributed by atoms with Crippen molar-refractivity contribution in [1.82, 2.24) is 9.88 Å². The Labute approximate surface area is 112 Å². The van der Waals surface area contributed by atoms with Crippen LogP contribution in [0.1, 0.15) is 17.5 Å². The van der Waals surface area contributed by atoms with Crippen molar-refractivity contribution in [2.45, 2.75) is 11.8 Å². The molecule has 0 amide bonds. The maximum Gasteiger partial charge on any atom is 0.0770 e. The topological polar surface area (TPSA) is 25.4 Å². The van der Waals surface area contributed by atoms with Crippen molar-refractivity contribution in [2.75, 3.05) is 32.8 Å². The van der Waals surface area contributed by atoms with Gasteiger partial charge in [0.25, 0.3) is 0 Å².